The molecule has 0 spiro atoms. The van der Waals surface area contributed by atoms with E-state index in [9.17, 15) is 18.0 Å². The minimum atomic E-state index is -4.63. The summed E-state index contributed by atoms with van der Waals surface area (Å²) in [6.07, 6.45) is -0.454. The van der Waals surface area contributed by atoms with E-state index >= 15 is 0 Å². The number of fused-ring (bicyclic) bond motifs is 2. The van der Waals surface area contributed by atoms with E-state index in [2.05, 4.69) is 15.0 Å². The van der Waals surface area contributed by atoms with Gasteiger partial charge in [-0.25, -0.2) is 0 Å². The molecule has 0 unspecified atom stereocenters. The molecule has 0 bridgehead atoms. The number of carbonyl (C=O) groups is 1. The lowest BCUT2D eigenvalue weighted by atomic mass is 9.86. The van der Waals surface area contributed by atoms with Crippen molar-refractivity contribution < 1.29 is 18.0 Å². The number of nitrogens with zero attached hydrogens (tertiary/aromatic N) is 3. The maximum Gasteiger partial charge on any atom is 0.418 e. The second-order valence-electron chi connectivity index (χ2n) is 8.13. The lowest BCUT2D eigenvalue weighted by Gasteiger charge is -2.21. The average molecular weight is 492 g/mol. The molecule has 0 radical (unpaired) electrons. The van der Waals surface area contributed by atoms with Crippen molar-refractivity contribution >= 4 is 39.2 Å². The summed E-state index contributed by atoms with van der Waals surface area (Å²) >= 11 is 6.12. The van der Waals surface area contributed by atoms with Crippen LogP contribution in [0.1, 0.15) is 39.5 Å². The Balaban J connectivity index is 1.62. The summed E-state index contributed by atoms with van der Waals surface area (Å²) in [7, 11) is 0. The Labute approximate surface area is 203 Å². The highest BCUT2D eigenvalue weighted by Gasteiger charge is 2.37. The van der Waals surface area contributed by atoms with Crippen molar-refractivity contribution in [1.29, 1.82) is 0 Å². The van der Waals surface area contributed by atoms with Crippen molar-refractivity contribution in [2.45, 2.75) is 18.5 Å². The third-order valence-corrected chi connectivity index (χ3v) is 6.09. The normalized spacial score (nSPS) is 12.7. The molecule has 5 aromatic rings. The van der Waals surface area contributed by atoms with Gasteiger partial charge in [-0.15, -0.1) is 0 Å². The van der Waals surface area contributed by atoms with Gasteiger partial charge in [0.1, 0.15) is 0 Å². The lowest BCUT2D eigenvalue weighted by molar-refractivity contribution is -0.138. The van der Waals surface area contributed by atoms with E-state index in [1.165, 1.54) is 18.5 Å². The topological polar surface area (TPSA) is 55.7 Å². The molecule has 0 saturated carbocycles. The number of Topliss-reactive ketones (excluding diaryl/α,β-unsaturated/α-hetero) is 1. The van der Waals surface area contributed by atoms with E-state index in [0.29, 0.717) is 32.6 Å². The van der Waals surface area contributed by atoms with Gasteiger partial charge in [-0.05, 0) is 54.1 Å². The van der Waals surface area contributed by atoms with Crippen LogP contribution in [0, 0.1) is 0 Å². The van der Waals surface area contributed by atoms with Crippen LogP contribution in [0.2, 0.25) is 5.02 Å². The number of benzene rings is 2. The summed E-state index contributed by atoms with van der Waals surface area (Å²) in [6.45, 7) is 0. The summed E-state index contributed by atoms with van der Waals surface area (Å²) in [6, 6.07) is 17.8. The molecule has 0 fully saturated rings. The second-order valence-corrected chi connectivity index (χ2v) is 8.57. The molecule has 35 heavy (non-hydrogen) atoms. The molecule has 0 aliphatic carbocycles. The Hall–Kier alpha value is -3.84. The van der Waals surface area contributed by atoms with Crippen LogP contribution in [0.4, 0.5) is 13.2 Å². The van der Waals surface area contributed by atoms with Crippen LogP contribution in [0.25, 0.3) is 21.8 Å². The summed E-state index contributed by atoms with van der Waals surface area (Å²) in [5.41, 5.74) is 0.963. The van der Waals surface area contributed by atoms with Crippen molar-refractivity contribution in [1.82, 2.24) is 15.0 Å². The van der Waals surface area contributed by atoms with Crippen LogP contribution >= 0.6 is 11.6 Å². The minimum absolute atomic E-state index is 0.226. The van der Waals surface area contributed by atoms with Gasteiger partial charge in [-0.1, -0.05) is 29.8 Å². The Kier molecular flexibility index (Phi) is 5.94. The quantitative estimate of drug-likeness (QED) is 0.243. The predicted molar refractivity (Wildman–Crippen MR) is 129 cm³/mol. The number of aromatic nitrogens is 3. The third-order valence-electron chi connectivity index (χ3n) is 5.86. The second kappa shape index (κ2) is 9.07. The van der Waals surface area contributed by atoms with Crippen molar-refractivity contribution in [3.8, 4) is 0 Å². The fraction of sp³-hybridized carbons (Fsp3) is 0.111. The van der Waals surface area contributed by atoms with Crippen LogP contribution in [0.5, 0.6) is 0 Å². The monoisotopic (exact) mass is 491 g/mol. The zero-order valence-corrected chi connectivity index (χ0v) is 18.9. The number of ketones is 1. The summed E-state index contributed by atoms with van der Waals surface area (Å²) in [5.74, 6) is -1.30. The number of alkyl halides is 3. The fourth-order valence-electron chi connectivity index (χ4n) is 4.16. The number of hydrogen-bond acceptors (Lipinski definition) is 4. The number of pyridine rings is 3. The molecule has 0 N–H and O–H groups in total. The molecule has 5 rings (SSSR count). The number of rotatable bonds is 5. The first kappa shape index (κ1) is 22.9. The molecule has 1 atom stereocenters. The Morgan fingerprint density at radius 2 is 1.66 bits per heavy atom. The molecular formula is C27H17ClF3N3O. The van der Waals surface area contributed by atoms with Gasteiger partial charge in [0.05, 0.1) is 22.3 Å². The van der Waals surface area contributed by atoms with Crippen LogP contribution in [0.3, 0.4) is 0 Å². The fourth-order valence-corrected chi connectivity index (χ4v) is 4.34. The van der Waals surface area contributed by atoms with Gasteiger partial charge in [0.15, 0.2) is 5.78 Å². The maximum atomic E-state index is 13.9. The highest BCUT2D eigenvalue weighted by atomic mass is 35.5. The Bertz CT molecular complexity index is 1570. The minimum Gasteiger partial charge on any atom is -0.294 e. The number of carbonyl (C=O) groups excluding carboxylic acids is 1. The first-order valence-corrected chi connectivity index (χ1v) is 11.1. The molecule has 0 aliphatic heterocycles. The van der Waals surface area contributed by atoms with Gasteiger partial charge in [-0.3, -0.25) is 19.7 Å². The van der Waals surface area contributed by atoms with Crippen LogP contribution in [-0.4, -0.2) is 20.7 Å². The van der Waals surface area contributed by atoms with Gasteiger partial charge in [0, 0.05) is 52.3 Å². The smallest absolute Gasteiger partial charge is 0.294 e. The van der Waals surface area contributed by atoms with Crippen molar-refractivity contribution in [2.24, 2.45) is 0 Å². The summed E-state index contributed by atoms with van der Waals surface area (Å²) < 4.78 is 41.7. The van der Waals surface area contributed by atoms with E-state index in [4.69, 9.17) is 11.6 Å². The molecule has 2 aromatic carbocycles. The predicted octanol–water partition coefficient (Wildman–Crippen LogP) is 7.26. The van der Waals surface area contributed by atoms with E-state index in [1.807, 2.05) is 6.07 Å². The van der Waals surface area contributed by atoms with E-state index in [1.54, 1.807) is 54.7 Å². The first-order chi connectivity index (χ1) is 16.8. The molecule has 0 saturated heterocycles. The zero-order valence-electron chi connectivity index (χ0n) is 18.1. The molecule has 3 heterocycles. The maximum absolute atomic E-state index is 13.9. The molecule has 0 amide bonds. The average Bonchev–Trinajstić information content (AvgIpc) is 2.86. The largest absolute Gasteiger partial charge is 0.418 e. The van der Waals surface area contributed by atoms with Gasteiger partial charge in [-0.2, -0.15) is 13.2 Å². The standard InChI is InChI=1S/C27H17ClF3N3O/c28-20-7-8-23-18(12-20)11-19(15-34-23)21(26-22(27(29,30)31)4-2-10-33-26)14-25(35)17-6-5-16-3-1-9-32-24(16)13-17/h1-13,15,21H,14H2/t21-/m0/s1. The van der Waals surface area contributed by atoms with Crippen LogP contribution in [0.15, 0.2) is 85.3 Å². The van der Waals surface area contributed by atoms with Gasteiger partial charge in [0.25, 0.3) is 0 Å². The Morgan fingerprint density at radius 3 is 2.49 bits per heavy atom. The molecule has 174 valence electrons. The molecule has 3 aromatic heterocycles. The van der Waals surface area contributed by atoms with Gasteiger partial charge >= 0.3 is 6.18 Å². The molecular weight excluding hydrogens is 475 g/mol. The van der Waals surface area contributed by atoms with E-state index < -0.39 is 17.7 Å². The zero-order chi connectivity index (χ0) is 24.6. The molecule has 8 heteroatoms. The molecule has 4 nitrogen and oxygen atoms in total. The SMILES string of the molecule is O=C(C[C@@H](c1cnc2ccc(Cl)cc2c1)c1ncccc1C(F)(F)F)c1ccc2cccnc2c1. The van der Waals surface area contributed by atoms with Crippen molar-refractivity contribution in [3.63, 3.8) is 0 Å². The third kappa shape index (κ3) is 4.72. The van der Waals surface area contributed by atoms with Gasteiger partial charge in [0.2, 0.25) is 0 Å². The highest BCUT2D eigenvalue weighted by molar-refractivity contribution is 6.31. The first-order valence-electron chi connectivity index (χ1n) is 10.7. The van der Waals surface area contributed by atoms with Crippen molar-refractivity contribution in [3.05, 3.63) is 113 Å². The number of halogens is 4. The van der Waals surface area contributed by atoms with Crippen molar-refractivity contribution in [2.75, 3.05) is 0 Å². The van der Waals surface area contributed by atoms with Crippen LogP contribution < -0.4 is 0 Å². The lowest BCUT2D eigenvalue weighted by Crippen LogP contribution is -2.17. The highest BCUT2D eigenvalue weighted by Crippen LogP contribution is 2.39. The Morgan fingerprint density at radius 1 is 0.857 bits per heavy atom. The van der Waals surface area contributed by atoms with E-state index in [0.717, 1.165) is 11.5 Å². The van der Waals surface area contributed by atoms with E-state index in [-0.39, 0.29) is 17.9 Å². The molecule has 0 aliphatic rings. The van der Waals surface area contributed by atoms with Crippen LogP contribution in [-0.2, 0) is 6.18 Å². The summed E-state index contributed by atoms with van der Waals surface area (Å²) in [4.78, 5) is 26.1. The number of hydrogen-bond donors (Lipinski definition) is 0. The van der Waals surface area contributed by atoms with Gasteiger partial charge < -0.3 is 0 Å². The summed E-state index contributed by atoms with van der Waals surface area (Å²) in [5, 5.41) is 1.99.